The maximum atomic E-state index is 11.8. The summed E-state index contributed by atoms with van der Waals surface area (Å²) in [6.45, 7) is 2.79. The SMILES string of the molecule is CCOc1cc(/C=C/C(=O)NCCN2C(=O)CSC2=O)ccc1OC. The summed E-state index contributed by atoms with van der Waals surface area (Å²) in [4.78, 5) is 35.9. The fourth-order valence-corrected chi connectivity index (χ4v) is 2.94. The molecule has 134 valence electrons. The molecule has 0 spiro atoms. The maximum Gasteiger partial charge on any atom is 0.288 e. The zero-order valence-corrected chi connectivity index (χ0v) is 14.9. The first-order chi connectivity index (χ1) is 12.0. The molecule has 0 bridgehead atoms. The maximum absolute atomic E-state index is 11.8. The number of benzene rings is 1. The van der Waals surface area contributed by atoms with Crippen LogP contribution in [0, 0.1) is 0 Å². The summed E-state index contributed by atoms with van der Waals surface area (Å²) in [6.07, 6.45) is 3.04. The topological polar surface area (TPSA) is 84.9 Å². The molecule has 2 rings (SSSR count). The Morgan fingerprint density at radius 2 is 2.16 bits per heavy atom. The number of carbonyl (C=O) groups is 3. The second-order valence-corrected chi connectivity index (χ2v) is 5.99. The van der Waals surface area contributed by atoms with Crippen molar-refractivity contribution in [2.75, 3.05) is 32.6 Å². The highest BCUT2D eigenvalue weighted by Gasteiger charge is 2.29. The molecule has 0 radical (unpaired) electrons. The van der Waals surface area contributed by atoms with Gasteiger partial charge in [0, 0.05) is 19.2 Å². The summed E-state index contributed by atoms with van der Waals surface area (Å²) in [5, 5.41) is 2.38. The molecule has 0 unspecified atom stereocenters. The third-order valence-electron chi connectivity index (χ3n) is 3.39. The number of thioether (sulfide) groups is 1. The lowest BCUT2D eigenvalue weighted by Gasteiger charge is -2.12. The van der Waals surface area contributed by atoms with Crippen LogP contribution in [0.5, 0.6) is 11.5 Å². The molecule has 25 heavy (non-hydrogen) atoms. The number of ether oxygens (including phenoxy) is 2. The van der Waals surface area contributed by atoms with Gasteiger partial charge in [-0.05, 0) is 30.7 Å². The number of hydrogen-bond acceptors (Lipinski definition) is 6. The zero-order valence-electron chi connectivity index (χ0n) is 14.1. The van der Waals surface area contributed by atoms with Gasteiger partial charge in [-0.25, -0.2) is 0 Å². The van der Waals surface area contributed by atoms with Crippen molar-refractivity contribution in [3.63, 3.8) is 0 Å². The van der Waals surface area contributed by atoms with Crippen LogP contribution in [0.4, 0.5) is 4.79 Å². The molecule has 1 N–H and O–H groups in total. The van der Waals surface area contributed by atoms with Crippen LogP contribution in [0.3, 0.4) is 0 Å². The number of imide groups is 1. The van der Waals surface area contributed by atoms with E-state index in [-0.39, 0.29) is 35.9 Å². The predicted molar refractivity (Wildman–Crippen MR) is 95.8 cm³/mol. The number of methoxy groups -OCH3 is 1. The Balaban J connectivity index is 1.86. The highest BCUT2D eigenvalue weighted by Crippen LogP contribution is 2.28. The fraction of sp³-hybridized carbons (Fsp3) is 0.353. The van der Waals surface area contributed by atoms with Crippen molar-refractivity contribution in [1.82, 2.24) is 10.2 Å². The largest absolute Gasteiger partial charge is 0.493 e. The van der Waals surface area contributed by atoms with Crippen molar-refractivity contribution in [2.24, 2.45) is 0 Å². The molecule has 7 nitrogen and oxygen atoms in total. The first-order valence-corrected chi connectivity index (χ1v) is 8.77. The zero-order chi connectivity index (χ0) is 18.2. The minimum absolute atomic E-state index is 0.173. The van der Waals surface area contributed by atoms with Crippen molar-refractivity contribution < 1.29 is 23.9 Å². The third-order valence-corrected chi connectivity index (χ3v) is 4.25. The molecule has 0 saturated carbocycles. The monoisotopic (exact) mass is 364 g/mol. The van der Waals surface area contributed by atoms with Crippen LogP contribution in [0.25, 0.3) is 6.08 Å². The van der Waals surface area contributed by atoms with E-state index in [0.717, 1.165) is 22.2 Å². The molecule has 0 atom stereocenters. The molecule has 1 aromatic rings. The van der Waals surface area contributed by atoms with Crippen molar-refractivity contribution in [3.8, 4) is 11.5 Å². The van der Waals surface area contributed by atoms with E-state index in [9.17, 15) is 14.4 Å². The molecule has 1 saturated heterocycles. The van der Waals surface area contributed by atoms with E-state index in [0.29, 0.717) is 18.1 Å². The Kier molecular flexibility index (Phi) is 6.88. The molecule has 0 aromatic heterocycles. The molecule has 1 aliphatic rings. The summed E-state index contributed by atoms with van der Waals surface area (Å²) in [5.74, 6) is 0.881. The van der Waals surface area contributed by atoms with E-state index < -0.39 is 0 Å². The standard InChI is InChI=1S/C17H20N2O5S/c1-3-24-14-10-12(4-6-13(14)23-2)5-7-15(20)18-8-9-19-16(21)11-25-17(19)22/h4-7,10H,3,8-9,11H2,1-2H3,(H,18,20)/b7-5+. The van der Waals surface area contributed by atoms with Gasteiger partial charge in [-0.1, -0.05) is 17.8 Å². The average Bonchev–Trinajstić information content (AvgIpc) is 2.92. The van der Waals surface area contributed by atoms with Crippen LogP contribution in [0.1, 0.15) is 12.5 Å². The van der Waals surface area contributed by atoms with Gasteiger partial charge in [-0.15, -0.1) is 0 Å². The number of rotatable bonds is 8. The Bertz CT molecular complexity index is 674. The Labute approximate surface area is 150 Å². The predicted octanol–water partition coefficient (Wildman–Crippen LogP) is 1.92. The second-order valence-electron chi connectivity index (χ2n) is 5.07. The van der Waals surface area contributed by atoms with Crippen LogP contribution in [0.2, 0.25) is 0 Å². The highest BCUT2D eigenvalue weighted by molar-refractivity contribution is 8.14. The molecule has 0 aliphatic carbocycles. The number of carbonyl (C=O) groups excluding carboxylic acids is 3. The summed E-state index contributed by atoms with van der Waals surface area (Å²) in [6, 6.07) is 5.36. The van der Waals surface area contributed by atoms with Crippen molar-refractivity contribution >= 4 is 34.9 Å². The second kappa shape index (κ2) is 9.12. The van der Waals surface area contributed by atoms with E-state index in [1.54, 1.807) is 25.3 Å². The summed E-state index contributed by atoms with van der Waals surface area (Å²) < 4.78 is 10.7. The minimum Gasteiger partial charge on any atom is -0.493 e. The van der Waals surface area contributed by atoms with Crippen molar-refractivity contribution in [3.05, 3.63) is 29.8 Å². The van der Waals surface area contributed by atoms with E-state index in [1.165, 1.54) is 6.08 Å². The van der Waals surface area contributed by atoms with E-state index in [1.807, 2.05) is 13.0 Å². The molecule has 1 fully saturated rings. The van der Waals surface area contributed by atoms with Crippen LogP contribution in [0.15, 0.2) is 24.3 Å². The lowest BCUT2D eigenvalue weighted by molar-refractivity contribution is -0.125. The Morgan fingerprint density at radius 3 is 2.80 bits per heavy atom. The van der Waals surface area contributed by atoms with Crippen LogP contribution in [-0.4, -0.2) is 54.5 Å². The first-order valence-electron chi connectivity index (χ1n) is 7.79. The molecular weight excluding hydrogens is 344 g/mol. The smallest absolute Gasteiger partial charge is 0.288 e. The number of hydrogen-bond donors (Lipinski definition) is 1. The molecule has 3 amide bonds. The highest BCUT2D eigenvalue weighted by atomic mass is 32.2. The van der Waals surface area contributed by atoms with Crippen LogP contribution in [-0.2, 0) is 9.59 Å². The van der Waals surface area contributed by atoms with Gasteiger partial charge in [-0.2, -0.15) is 0 Å². The lowest BCUT2D eigenvalue weighted by Crippen LogP contribution is -2.37. The van der Waals surface area contributed by atoms with Crippen LogP contribution < -0.4 is 14.8 Å². The van der Waals surface area contributed by atoms with E-state index in [4.69, 9.17) is 9.47 Å². The van der Waals surface area contributed by atoms with Gasteiger partial charge in [0.15, 0.2) is 11.5 Å². The van der Waals surface area contributed by atoms with Gasteiger partial charge in [0.1, 0.15) is 0 Å². The quantitative estimate of drug-likeness (QED) is 0.710. The fourth-order valence-electron chi connectivity index (χ4n) is 2.18. The van der Waals surface area contributed by atoms with Gasteiger partial charge in [0.2, 0.25) is 11.8 Å². The normalized spacial score (nSPS) is 14.2. The van der Waals surface area contributed by atoms with Crippen molar-refractivity contribution in [1.29, 1.82) is 0 Å². The van der Waals surface area contributed by atoms with Gasteiger partial charge in [0.05, 0.1) is 19.5 Å². The summed E-state index contributed by atoms with van der Waals surface area (Å²) in [5.41, 5.74) is 0.792. The van der Waals surface area contributed by atoms with Gasteiger partial charge in [-0.3, -0.25) is 19.3 Å². The van der Waals surface area contributed by atoms with Gasteiger partial charge < -0.3 is 14.8 Å². The minimum atomic E-state index is -0.305. The summed E-state index contributed by atoms with van der Waals surface area (Å²) in [7, 11) is 1.56. The van der Waals surface area contributed by atoms with E-state index in [2.05, 4.69) is 5.32 Å². The number of nitrogens with zero attached hydrogens (tertiary/aromatic N) is 1. The summed E-state index contributed by atoms with van der Waals surface area (Å²) >= 11 is 0.977. The van der Waals surface area contributed by atoms with Crippen LogP contribution >= 0.6 is 11.8 Å². The average molecular weight is 364 g/mol. The van der Waals surface area contributed by atoms with Crippen molar-refractivity contribution in [2.45, 2.75) is 6.92 Å². The molecule has 1 aliphatic heterocycles. The number of amides is 3. The number of nitrogens with one attached hydrogen (secondary N) is 1. The molecule has 1 heterocycles. The third kappa shape index (κ3) is 5.25. The molecule has 8 heteroatoms. The van der Waals surface area contributed by atoms with E-state index >= 15 is 0 Å². The molecule has 1 aromatic carbocycles. The molecular formula is C17H20N2O5S. The van der Waals surface area contributed by atoms with Gasteiger partial charge >= 0.3 is 0 Å². The lowest BCUT2D eigenvalue weighted by atomic mass is 10.2. The van der Waals surface area contributed by atoms with Gasteiger partial charge in [0.25, 0.3) is 5.24 Å². The first kappa shape index (κ1) is 18.9. The Morgan fingerprint density at radius 1 is 1.36 bits per heavy atom. The Hall–Kier alpha value is -2.48.